The van der Waals surface area contributed by atoms with Crippen LogP contribution in [0.3, 0.4) is 0 Å². The maximum Gasteiger partial charge on any atom is 0.220 e. The summed E-state index contributed by atoms with van der Waals surface area (Å²) in [6.07, 6.45) is 1.91. The van der Waals surface area contributed by atoms with Gasteiger partial charge in [0.05, 0.1) is 0 Å². The molecule has 0 aliphatic carbocycles. The van der Waals surface area contributed by atoms with E-state index in [0.29, 0.717) is 25.3 Å². The van der Waals surface area contributed by atoms with Gasteiger partial charge in [0.1, 0.15) is 5.84 Å². The Kier molecular flexibility index (Phi) is 6.61. The smallest absolute Gasteiger partial charge is 0.220 e. The zero-order valence-corrected chi connectivity index (χ0v) is 11.3. The molecule has 0 bridgehead atoms. The van der Waals surface area contributed by atoms with Gasteiger partial charge in [0.2, 0.25) is 5.91 Å². The van der Waals surface area contributed by atoms with E-state index in [1.54, 1.807) is 0 Å². The highest BCUT2D eigenvalue weighted by Crippen LogP contribution is 2.25. The van der Waals surface area contributed by atoms with E-state index in [4.69, 9.17) is 10.9 Å². The Morgan fingerprint density at radius 3 is 2.53 bits per heavy atom. The molecule has 0 aromatic rings. The number of carbonyl (C=O) groups excluding carboxylic acids is 1. The van der Waals surface area contributed by atoms with Crippen molar-refractivity contribution in [3.8, 4) is 0 Å². The van der Waals surface area contributed by atoms with Crippen LogP contribution in [0.2, 0.25) is 0 Å². The van der Waals surface area contributed by atoms with Crippen LogP contribution >= 0.6 is 0 Å². The normalized spacial score (nSPS) is 14.5. The number of hydrogen-bond donors (Lipinski definition) is 3. The first-order valence-corrected chi connectivity index (χ1v) is 5.97. The zero-order chi connectivity index (χ0) is 13.5. The lowest BCUT2D eigenvalue weighted by molar-refractivity contribution is -0.122. The second kappa shape index (κ2) is 7.14. The highest BCUT2D eigenvalue weighted by Gasteiger charge is 2.17. The highest BCUT2D eigenvalue weighted by molar-refractivity contribution is 5.81. The van der Waals surface area contributed by atoms with E-state index in [-0.39, 0.29) is 17.2 Å². The predicted molar refractivity (Wildman–Crippen MR) is 68.9 cm³/mol. The molecule has 17 heavy (non-hydrogen) atoms. The number of nitrogens with one attached hydrogen (secondary N) is 1. The van der Waals surface area contributed by atoms with E-state index >= 15 is 0 Å². The SMILES string of the molecule is CC(CC(=O)NCCC(N)=NO)CC(C)(C)C. The first kappa shape index (κ1) is 15.7. The first-order valence-electron chi connectivity index (χ1n) is 5.97. The quantitative estimate of drug-likeness (QED) is 0.287. The van der Waals surface area contributed by atoms with Crippen molar-refractivity contribution in [1.29, 1.82) is 0 Å². The molecule has 4 N–H and O–H groups in total. The molecule has 5 nitrogen and oxygen atoms in total. The average Bonchev–Trinajstić information content (AvgIpc) is 2.13. The van der Waals surface area contributed by atoms with Crippen LogP contribution in [0.4, 0.5) is 0 Å². The Morgan fingerprint density at radius 2 is 2.06 bits per heavy atom. The average molecular weight is 243 g/mol. The van der Waals surface area contributed by atoms with Crippen LogP contribution in [-0.4, -0.2) is 23.5 Å². The van der Waals surface area contributed by atoms with Gasteiger partial charge in [-0.05, 0) is 17.8 Å². The van der Waals surface area contributed by atoms with E-state index in [0.717, 1.165) is 6.42 Å². The lowest BCUT2D eigenvalue weighted by Crippen LogP contribution is -2.29. The molecule has 1 amide bonds. The molecule has 0 rings (SSSR count). The minimum Gasteiger partial charge on any atom is -0.409 e. The van der Waals surface area contributed by atoms with Crippen LogP contribution in [0.15, 0.2) is 5.16 Å². The van der Waals surface area contributed by atoms with Crippen LogP contribution in [0.25, 0.3) is 0 Å². The molecule has 0 spiro atoms. The van der Waals surface area contributed by atoms with Gasteiger partial charge in [0, 0.05) is 19.4 Å². The van der Waals surface area contributed by atoms with Gasteiger partial charge in [-0.3, -0.25) is 4.79 Å². The number of oxime groups is 1. The van der Waals surface area contributed by atoms with Crippen LogP contribution in [-0.2, 0) is 4.79 Å². The second-order valence-electron chi connectivity index (χ2n) is 5.77. The number of nitrogens with two attached hydrogens (primary N) is 1. The third-order valence-electron chi connectivity index (χ3n) is 2.33. The fourth-order valence-electron chi connectivity index (χ4n) is 1.89. The summed E-state index contributed by atoms with van der Waals surface area (Å²) < 4.78 is 0. The summed E-state index contributed by atoms with van der Waals surface area (Å²) in [4.78, 5) is 11.6. The Hall–Kier alpha value is -1.26. The van der Waals surface area contributed by atoms with Crippen molar-refractivity contribution in [3.05, 3.63) is 0 Å². The molecule has 1 unspecified atom stereocenters. The molecular formula is C12H25N3O2. The summed E-state index contributed by atoms with van der Waals surface area (Å²) in [5.74, 6) is 0.513. The summed E-state index contributed by atoms with van der Waals surface area (Å²) in [5.41, 5.74) is 5.54. The number of hydrogen-bond acceptors (Lipinski definition) is 3. The number of nitrogens with zero attached hydrogens (tertiary/aromatic N) is 1. The largest absolute Gasteiger partial charge is 0.409 e. The molecule has 0 saturated carbocycles. The van der Waals surface area contributed by atoms with Gasteiger partial charge in [-0.2, -0.15) is 0 Å². The van der Waals surface area contributed by atoms with E-state index in [1.807, 2.05) is 0 Å². The van der Waals surface area contributed by atoms with Crippen molar-refractivity contribution in [2.75, 3.05) is 6.54 Å². The third-order valence-corrected chi connectivity index (χ3v) is 2.33. The van der Waals surface area contributed by atoms with Gasteiger partial charge >= 0.3 is 0 Å². The van der Waals surface area contributed by atoms with Crippen molar-refractivity contribution in [3.63, 3.8) is 0 Å². The third kappa shape index (κ3) is 9.66. The Labute approximate surface area is 103 Å². The molecule has 0 aromatic carbocycles. The minimum absolute atomic E-state index is 0.0208. The number of amides is 1. The van der Waals surface area contributed by atoms with E-state index in [9.17, 15) is 4.79 Å². The van der Waals surface area contributed by atoms with Gasteiger partial charge in [0.25, 0.3) is 0 Å². The summed E-state index contributed by atoms with van der Waals surface area (Å²) in [6, 6.07) is 0. The minimum atomic E-state index is 0.0208. The van der Waals surface area contributed by atoms with Crippen LogP contribution in [0, 0.1) is 11.3 Å². The summed E-state index contributed by atoms with van der Waals surface area (Å²) in [7, 11) is 0. The molecule has 5 heteroatoms. The first-order chi connectivity index (χ1) is 7.74. The van der Waals surface area contributed by atoms with Gasteiger partial charge < -0.3 is 16.3 Å². The molecule has 0 saturated heterocycles. The monoisotopic (exact) mass is 243 g/mol. The van der Waals surface area contributed by atoms with Crippen LogP contribution in [0.1, 0.15) is 47.0 Å². The lowest BCUT2D eigenvalue weighted by atomic mass is 9.84. The molecule has 0 aliphatic rings. The van der Waals surface area contributed by atoms with Gasteiger partial charge in [0.15, 0.2) is 0 Å². The standard InChI is InChI=1S/C12H25N3O2/c1-9(8-12(2,3)4)7-11(16)14-6-5-10(13)15-17/h9,17H,5-8H2,1-4H3,(H2,13,15)(H,14,16). The van der Waals surface area contributed by atoms with Crippen molar-refractivity contribution in [2.45, 2.75) is 47.0 Å². The lowest BCUT2D eigenvalue weighted by Gasteiger charge is -2.22. The van der Waals surface area contributed by atoms with Gasteiger partial charge in [-0.15, -0.1) is 0 Å². The fraction of sp³-hybridized carbons (Fsp3) is 0.833. The molecule has 0 heterocycles. The second-order valence-corrected chi connectivity index (χ2v) is 5.77. The maximum absolute atomic E-state index is 11.6. The maximum atomic E-state index is 11.6. The number of carbonyl (C=O) groups is 1. The van der Waals surface area contributed by atoms with Crippen LogP contribution < -0.4 is 11.1 Å². The summed E-state index contributed by atoms with van der Waals surface area (Å²) in [6.45, 7) is 8.99. The predicted octanol–water partition coefficient (Wildman–Crippen LogP) is 1.70. The Balaban J connectivity index is 3.79. The van der Waals surface area contributed by atoms with Gasteiger partial charge in [-0.1, -0.05) is 32.9 Å². The molecule has 0 aliphatic heterocycles. The summed E-state index contributed by atoms with van der Waals surface area (Å²) >= 11 is 0. The van der Waals surface area contributed by atoms with Crippen molar-refractivity contribution < 1.29 is 10.0 Å². The molecule has 0 fully saturated rings. The Bertz CT molecular complexity index is 269. The van der Waals surface area contributed by atoms with Crippen molar-refractivity contribution in [1.82, 2.24) is 5.32 Å². The molecule has 0 aromatic heterocycles. The van der Waals surface area contributed by atoms with Gasteiger partial charge in [-0.25, -0.2) is 0 Å². The van der Waals surface area contributed by atoms with E-state index in [1.165, 1.54) is 0 Å². The Morgan fingerprint density at radius 1 is 1.47 bits per heavy atom. The van der Waals surface area contributed by atoms with E-state index in [2.05, 4.69) is 38.2 Å². The van der Waals surface area contributed by atoms with Crippen molar-refractivity contribution >= 4 is 11.7 Å². The molecule has 1 atom stereocenters. The summed E-state index contributed by atoms with van der Waals surface area (Å²) in [5, 5.41) is 13.9. The number of amidine groups is 1. The molecule has 0 radical (unpaired) electrons. The van der Waals surface area contributed by atoms with Crippen LogP contribution in [0.5, 0.6) is 0 Å². The molecular weight excluding hydrogens is 218 g/mol. The topological polar surface area (TPSA) is 87.7 Å². The van der Waals surface area contributed by atoms with Crippen molar-refractivity contribution in [2.24, 2.45) is 22.2 Å². The molecule has 100 valence electrons. The highest BCUT2D eigenvalue weighted by atomic mass is 16.4. The number of rotatable bonds is 6. The zero-order valence-electron chi connectivity index (χ0n) is 11.3. The van der Waals surface area contributed by atoms with E-state index < -0.39 is 0 Å². The fourth-order valence-corrected chi connectivity index (χ4v) is 1.89.